The molecule has 0 spiro atoms. The van der Waals surface area contributed by atoms with Gasteiger partial charge >= 0.3 is 0 Å². The lowest BCUT2D eigenvalue weighted by Gasteiger charge is -2.22. The van der Waals surface area contributed by atoms with Gasteiger partial charge < -0.3 is 20.0 Å². The summed E-state index contributed by atoms with van der Waals surface area (Å²) in [5.74, 6) is 1.13. The van der Waals surface area contributed by atoms with E-state index in [4.69, 9.17) is 4.99 Å². The van der Waals surface area contributed by atoms with Crippen molar-refractivity contribution in [2.24, 2.45) is 4.99 Å². The van der Waals surface area contributed by atoms with Gasteiger partial charge in [-0.05, 0) is 59.3 Å². The Morgan fingerprint density at radius 1 is 1.00 bits per heavy atom. The van der Waals surface area contributed by atoms with Crippen molar-refractivity contribution in [2.45, 2.75) is 32.6 Å². The van der Waals surface area contributed by atoms with Gasteiger partial charge in [-0.1, -0.05) is 0 Å². The summed E-state index contributed by atoms with van der Waals surface area (Å²) in [5, 5.41) is 3.43. The van der Waals surface area contributed by atoms with Crippen LogP contribution in [0.4, 0.5) is 0 Å². The van der Waals surface area contributed by atoms with Crippen LogP contribution in [0.25, 0.3) is 0 Å². The molecule has 2 fully saturated rings. The van der Waals surface area contributed by atoms with Crippen molar-refractivity contribution in [2.75, 3.05) is 66.0 Å². The molecule has 0 aliphatic carbocycles. The summed E-state index contributed by atoms with van der Waals surface area (Å²) >= 11 is 0. The topological polar surface area (TPSA) is 34.1 Å². The molecule has 122 valence electrons. The van der Waals surface area contributed by atoms with Gasteiger partial charge in [-0.3, -0.25) is 4.99 Å². The van der Waals surface area contributed by atoms with Crippen LogP contribution in [0, 0.1) is 0 Å². The van der Waals surface area contributed by atoms with E-state index in [2.05, 4.69) is 34.0 Å². The molecule has 0 amide bonds. The fourth-order valence-electron chi connectivity index (χ4n) is 3.16. The van der Waals surface area contributed by atoms with Gasteiger partial charge in [0.05, 0.1) is 0 Å². The quantitative estimate of drug-likeness (QED) is 0.467. The van der Waals surface area contributed by atoms with Crippen LogP contribution in [0.3, 0.4) is 0 Å². The maximum atomic E-state index is 4.81. The van der Waals surface area contributed by atoms with Gasteiger partial charge in [-0.25, -0.2) is 0 Å². The van der Waals surface area contributed by atoms with Crippen molar-refractivity contribution in [3.8, 4) is 0 Å². The van der Waals surface area contributed by atoms with E-state index in [0.717, 1.165) is 19.0 Å². The molecule has 2 aliphatic rings. The zero-order valence-electron chi connectivity index (χ0n) is 14.0. The van der Waals surface area contributed by atoms with Crippen LogP contribution >= 0.6 is 0 Å². The van der Waals surface area contributed by atoms with E-state index >= 15 is 0 Å². The fourth-order valence-corrected chi connectivity index (χ4v) is 3.16. The van der Waals surface area contributed by atoms with E-state index in [0.29, 0.717) is 0 Å². The molecular weight excluding hydrogens is 262 g/mol. The second-order valence-electron chi connectivity index (χ2n) is 6.28. The molecule has 2 aliphatic heterocycles. The third kappa shape index (κ3) is 5.83. The van der Waals surface area contributed by atoms with Crippen molar-refractivity contribution in [1.29, 1.82) is 0 Å². The summed E-state index contributed by atoms with van der Waals surface area (Å²) in [6.07, 6.45) is 5.10. The third-order valence-electron chi connectivity index (χ3n) is 4.45. The molecule has 0 aromatic heterocycles. The van der Waals surface area contributed by atoms with Crippen LogP contribution in [-0.2, 0) is 0 Å². The van der Waals surface area contributed by atoms with E-state index in [1.54, 1.807) is 0 Å². The zero-order chi connectivity index (χ0) is 14.9. The molecule has 0 radical (unpaired) electrons. The smallest absolute Gasteiger partial charge is 0.193 e. The lowest BCUT2D eigenvalue weighted by atomic mass is 10.3. The largest absolute Gasteiger partial charge is 0.357 e. The molecule has 5 nitrogen and oxygen atoms in total. The molecular formula is C16H33N5. The van der Waals surface area contributed by atoms with Crippen LogP contribution in [0.1, 0.15) is 32.6 Å². The average Bonchev–Trinajstić information content (AvgIpc) is 2.93. The number of nitrogens with zero attached hydrogens (tertiary/aromatic N) is 4. The normalized spacial score (nSPS) is 22.6. The number of hydrogen-bond donors (Lipinski definition) is 1. The number of likely N-dealkylation sites (tertiary alicyclic amines) is 1. The van der Waals surface area contributed by atoms with E-state index < -0.39 is 0 Å². The molecule has 5 heteroatoms. The third-order valence-corrected chi connectivity index (χ3v) is 4.45. The highest BCUT2D eigenvalue weighted by Crippen LogP contribution is 2.07. The van der Waals surface area contributed by atoms with Gasteiger partial charge in [0.15, 0.2) is 5.96 Å². The Morgan fingerprint density at radius 3 is 2.57 bits per heavy atom. The number of likely N-dealkylation sites (N-methyl/N-ethyl adjacent to an activating group) is 1. The van der Waals surface area contributed by atoms with Crippen LogP contribution in [0.5, 0.6) is 0 Å². The number of guanidine groups is 1. The summed E-state index contributed by atoms with van der Waals surface area (Å²) in [6, 6.07) is 0. The first-order chi connectivity index (χ1) is 10.3. The van der Waals surface area contributed by atoms with E-state index in [-0.39, 0.29) is 0 Å². The standard InChI is InChI=1S/C16H33N5/c1-3-17-16(21-12-4-5-13-21)18-8-6-10-20-11-7-9-19(2)14-15-20/h3-15H2,1-2H3,(H,17,18). The lowest BCUT2D eigenvalue weighted by molar-refractivity contribution is 0.275. The second-order valence-corrected chi connectivity index (χ2v) is 6.28. The highest BCUT2D eigenvalue weighted by Gasteiger charge is 2.15. The minimum absolute atomic E-state index is 0.950. The predicted molar refractivity (Wildman–Crippen MR) is 90.0 cm³/mol. The first-order valence-electron chi connectivity index (χ1n) is 8.73. The van der Waals surface area contributed by atoms with Crippen molar-refractivity contribution in [3.63, 3.8) is 0 Å². The Bertz CT molecular complexity index is 312. The van der Waals surface area contributed by atoms with Crippen molar-refractivity contribution < 1.29 is 0 Å². The molecule has 0 aromatic carbocycles. The zero-order valence-corrected chi connectivity index (χ0v) is 14.0. The Morgan fingerprint density at radius 2 is 1.81 bits per heavy atom. The van der Waals surface area contributed by atoms with Crippen molar-refractivity contribution in [3.05, 3.63) is 0 Å². The predicted octanol–water partition coefficient (Wildman–Crippen LogP) is 1.08. The molecule has 2 rings (SSSR count). The number of aliphatic imine (C=N–C) groups is 1. The summed E-state index contributed by atoms with van der Waals surface area (Å²) in [6.45, 7) is 12.5. The Hall–Kier alpha value is -0.810. The molecule has 0 unspecified atom stereocenters. The van der Waals surface area contributed by atoms with Crippen LogP contribution < -0.4 is 5.32 Å². The van der Waals surface area contributed by atoms with Gasteiger partial charge in [0.1, 0.15) is 0 Å². The minimum atomic E-state index is 0.950. The minimum Gasteiger partial charge on any atom is -0.357 e. The summed E-state index contributed by atoms with van der Waals surface area (Å²) in [4.78, 5) is 12.3. The number of rotatable bonds is 5. The summed E-state index contributed by atoms with van der Waals surface area (Å²) in [7, 11) is 2.23. The van der Waals surface area contributed by atoms with Crippen molar-refractivity contribution >= 4 is 5.96 Å². The Balaban J connectivity index is 1.69. The molecule has 1 N–H and O–H groups in total. The Kier molecular flexibility index (Phi) is 7.30. The molecule has 0 aromatic rings. The molecule has 2 heterocycles. The lowest BCUT2D eigenvalue weighted by Crippen LogP contribution is -2.39. The maximum absolute atomic E-state index is 4.81. The molecule has 2 saturated heterocycles. The average molecular weight is 295 g/mol. The first-order valence-corrected chi connectivity index (χ1v) is 8.73. The van der Waals surface area contributed by atoms with E-state index in [1.165, 1.54) is 71.5 Å². The van der Waals surface area contributed by atoms with Crippen molar-refractivity contribution in [1.82, 2.24) is 20.0 Å². The summed E-state index contributed by atoms with van der Waals surface area (Å²) < 4.78 is 0. The highest BCUT2D eigenvalue weighted by molar-refractivity contribution is 5.80. The first kappa shape index (κ1) is 16.6. The summed E-state index contributed by atoms with van der Waals surface area (Å²) in [5.41, 5.74) is 0. The highest BCUT2D eigenvalue weighted by atomic mass is 15.3. The number of hydrogen-bond acceptors (Lipinski definition) is 3. The van der Waals surface area contributed by atoms with Crippen LogP contribution in [0.15, 0.2) is 4.99 Å². The van der Waals surface area contributed by atoms with Crippen LogP contribution in [-0.4, -0.2) is 86.6 Å². The second kappa shape index (κ2) is 9.26. The van der Waals surface area contributed by atoms with Gasteiger partial charge in [-0.15, -0.1) is 0 Å². The molecule has 0 atom stereocenters. The SMILES string of the molecule is CCNC(=NCCCN1CCCN(C)CC1)N1CCCC1. The van der Waals surface area contributed by atoms with E-state index in [1.807, 2.05) is 0 Å². The fraction of sp³-hybridized carbons (Fsp3) is 0.938. The van der Waals surface area contributed by atoms with Gasteiger partial charge in [0, 0.05) is 39.3 Å². The maximum Gasteiger partial charge on any atom is 0.193 e. The van der Waals surface area contributed by atoms with Crippen LogP contribution in [0.2, 0.25) is 0 Å². The van der Waals surface area contributed by atoms with Gasteiger partial charge in [0.2, 0.25) is 0 Å². The monoisotopic (exact) mass is 295 g/mol. The molecule has 21 heavy (non-hydrogen) atoms. The Labute approximate surface area is 130 Å². The van der Waals surface area contributed by atoms with Gasteiger partial charge in [-0.2, -0.15) is 0 Å². The van der Waals surface area contributed by atoms with Gasteiger partial charge in [0.25, 0.3) is 0 Å². The number of nitrogens with one attached hydrogen (secondary N) is 1. The van der Waals surface area contributed by atoms with E-state index in [9.17, 15) is 0 Å². The molecule has 0 bridgehead atoms. The molecule has 0 saturated carbocycles.